The summed E-state index contributed by atoms with van der Waals surface area (Å²) >= 11 is 0. The Morgan fingerprint density at radius 2 is 1.89 bits per heavy atom. The number of nitrogens with zero attached hydrogens (tertiary/aromatic N) is 1. The van der Waals surface area contributed by atoms with E-state index in [1.807, 2.05) is 0 Å². The second kappa shape index (κ2) is 3.68. The van der Waals surface area contributed by atoms with Gasteiger partial charge in [-0.3, -0.25) is 14.9 Å². The molecule has 0 fully saturated rings. The van der Waals surface area contributed by atoms with E-state index in [1.54, 1.807) is 13.8 Å². The van der Waals surface area contributed by atoms with Crippen molar-refractivity contribution in [3.05, 3.63) is 21.9 Å². The van der Waals surface area contributed by atoms with E-state index in [1.165, 1.54) is 19.9 Å². The van der Waals surface area contributed by atoms with Crippen LogP contribution in [0, 0.1) is 20.9 Å². The van der Waals surface area contributed by atoms with Gasteiger partial charge in [0, 0.05) is 10.5 Å². The van der Waals surface area contributed by atoms with Gasteiger partial charge in [0.1, 0.15) is 5.41 Å². The number of hydrogen-bond acceptors (Lipinski definition) is 5. The number of nitro groups is 1. The Labute approximate surface area is 105 Å². The van der Waals surface area contributed by atoms with Gasteiger partial charge in [-0.2, -0.15) is 0 Å². The van der Waals surface area contributed by atoms with Crippen LogP contribution < -0.4 is 11.5 Å². The largest absolute Gasteiger partial charge is 0.481 e. The van der Waals surface area contributed by atoms with Crippen LogP contribution in [0.2, 0.25) is 0 Å². The number of nitrogens with two attached hydrogens (primary N) is 2. The number of carboxylic acid groups (broad SMARTS) is 1. The van der Waals surface area contributed by atoms with Gasteiger partial charge in [-0.25, -0.2) is 0 Å². The van der Waals surface area contributed by atoms with Crippen LogP contribution in [0.4, 0.5) is 0 Å². The van der Waals surface area contributed by atoms with Gasteiger partial charge in [-0.05, 0) is 19.9 Å². The Hall–Kier alpha value is -1.63. The third kappa shape index (κ3) is 1.50. The van der Waals surface area contributed by atoms with Crippen molar-refractivity contribution < 1.29 is 14.8 Å². The smallest absolute Gasteiger partial charge is 0.315 e. The molecule has 7 heteroatoms. The van der Waals surface area contributed by atoms with Crippen molar-refractivity contribution in [2.24, 2.45) is 22.3 Å². The molecule has 0 aromatic carbocycles. The van der Waals surface area contributed by atoms with Crippen LogP contribution in [0.5, 0.6) is 0 Å². The van der Waals surface area contributed by atoms with Gasteiger partial charge in [0.25, 0.3) is 6.04 Å². The van der Waals surface area contributed by atoms with Crippen molar-refractivity contribution in [3.8, 4) is 0 Å². The maximum absolute atomic E-state index is 11.5. The van der Waals surface area contributed by atoms with E-state index in [4.69, 9.17) is 11.5 Å². The minimum absolute atomic E-state index is 0.0576. The first-order chi connectivity index (χ1) is 7.89. The lowest BCUT2D eigenvalue weighted by Gasteiger charge is -2.53. The second-order valence-electron chi connectivity index (χ2n) is 5.76. The molecule has 18 heavy (non-hydrogen) atoms. The van der Waals surface area contributed by atoms with Gasteiger partial charge < -0.3 is 16.6 Å². The summed E-state index contributed by atoms with van der Waals surface area (Å²) in [6.07, 6.45) is 1.20. The number of carbonyl (C=O) groups is 1. The molecule has 1 aliphatic carbocycles. The van der Waals surface area contributed by atoms with Crippen LogP contribution in [0.1, 0.15) is 27.7 Å². The van der Waals surface area contributed by atoms with Crippen LogP contribution in [0.25, 0.3) is 0 Å². The number of aliphatic carboxylic acids is 1. The topological polar surface area (TPSA) is 132 Å². The fourth-order valence-electron chi connectivity index (χ4n) is 2.60. The van der Waals surface area contributed by atoms with Crippen molar-refractivity contribution in [1.82, 2.24) is 0 Å². The van der Waals surface area contributed by atoms with E-state index >= 15 is 0 Å². The van der Waals surface area contributed by atoms with Crippen molar-refractivity contribution in [1.29, 1.82) is 0 Å². The first kappa shape index (κ1) is 14.4. The molecule has 0 spiro atoms. The van der Waals surface area contributed by atoms with Gasteiger partial charge in [0.15, 0.2) is 0 Å². The quantitative estimate of drug-likeness (QED) is 0.482. The monoisotopic (exact) mass is 257 g/mol. The predicted molar refractivity (Wildman–Crippen MR) is 65.2 cm³/mol. The molecule has 0 aliphatic heterocycles. The van der Waals surface area contributed by atoms with Crippen LogP contribution in [-0.2, 0) is 4.79 Å². The summed E-state index contributed by atoms with van der Waals surface area (Å²) in [5.41, 5.74) is 7.91. The van der Waals surface area contributed by atoms with Gasteiger partial charge in [0.05, 0.1) is 11.1 Å². The summed E-state index contributed by atoms with van der Waals surface area (Å²) in [6, 6.07) is -1.19. The highest BCUT2D eigenvalue weighted by Gasteiger charge is 2.64. The van der Waals surface area contributed by atoms with E-state index in [9.17, 15) is 20.0 Å². The summed E-state index contributed by atoms with van der Waals surface area (Å²) in [6.45, 7) is 6.09. The molecule has 1 rings (SSSR count). The first-order valence-corrected chi connectivity index (χ1v) is 5.53. The Morgan fingerprint density at radius 1 is 1.44 bits per heavy atom. The van der Waals surface area contributed by atoms with Gasteiger partial charge in [0.2, 0.25) is 0 Å². The van der Waals surface area contributed by atoms with Crippen LogP contribution in [0.15, 0.2) is 11.8 Å². The fraction of sp³-hybridized carbons (Fsp3) is 0.727. The molecule has 3 atom stereocenters. The third-order valence-corrected chi connectivity index (χ3v) is 4.53. The molecular weight excluding hydrogens is 238 g/mol. The highest BCUT2D eigenvalue weighted by atomic mass is 16.6. The van der Waals surface area contributed by atoms with Crippen molar-refractivity contribution in [2.75, 3.05) is 0 Å². The molecule has 0 saturated heterocycles. The zero-order chi connectivity index (χ0) is 14.5. The van der Waals surface area contributed by atoms with E-state index < -0.39 is 33.3 Å². The van der Waals surface area contributed by atoms with E-state index in [0.717, 1.165) is 0 Å². The van der Waals surface area contributed by atoms with Gasteiger partial charge in [-0.1, -0.05) is 13.8 Å². The molecular formula is C11H19N3O4. The zero-order valence-electron chi connectivity index (χ0n) is 10.9. The average molecular weight is 257 g/mol. The molecule has 3 unspecified atom stereocenters. The van der Waals surface area contributed by atoms with Crippen LogP contribution >= 0.6 is 0 Å². The molecule has 0 aromatic rings. The molecule has 0 bridgehead atoms. The fourth-order valence-corrected chi connectivity index (χ4v) is 2.60. The first-order valence-electron chi connectivity index (χ1n) is 5.53. The van der Waals surface area contributed by atoms with Crippen molar-refractivity contribution in [3.63, 3.8) is 0 Å². The Balaban J connectivity index is 3.59. The van der Waals surface area contributed by atoms with Crippen LogP contribution in [0.3, 0.4) is 0 Å². The van der Waals surface area contributed by atoms with E-state index in [0.29, 0.717) is 0 Å². The molecule has 0 saturated carbocycles. The minimum Gasteiger partial charge on any atom is -0.481 e. The summed E-state index contributed by atoms with van der Waals surface area (Å²) in [5, 5.41) is 20.5. The Bertz CT molecular complexity index is 442. The highest BCUT2D eigenvalue weighted by Crippen LogP contribution is 2.51. The molecule has 1 aliphatic rings. The molecule has 7 nitrogen and oxygen atoms in total. The van der Waals surface area contributed by atoms with Crippen molar-refractivity contribution >= 4 is 5.97 Å². The predicted octanol–water partition coefficient (Wildman–Crippen LogP) is 0.322. The maximum Gasteiger partial charge on any atom is 0.315 e. The molecule has 0 heterocycles. The summed E-state index contributed by atoms with van der Waals surface area (Å²) in [5.74, 6) is -1.15. The minimum atomic E-state index is -1.45. The lowest BCUT2D eigenvalue weighted by atomic mass is 9.53. The summed E-state index contributed by atoms with van der Waals surface area (Å²) in [7, 11) is 0. The molecule has 102 valence electrons. The van der Waals surface area contributed by atoms with Crippen molar-refractivity contribution in [2.45, 2.75) is 39.3 Å². The Morgan fingerprint density at radius 3 is 2.22 bits per heavy atom. The average Bonchev–Trinajstić information content (AvgIpc) is 2.13. The lowest BCUT2D eigenvalue weighted by molar-refractivity contribution is -0.535. The molecule has 0 radical (unpaired) electrons. The molecule has 0 aromatic heterocycles. The van der Waals surface area contributed by atoms with Gasteiger partial charge >= 0.3 is 5.97 Å². The zero-order valence-corrected chi connectivity index (χ0v) is 10.9. The van der Waals surface area contributed by atoms with E-state index in [-0.39, 0.29) is 5.70 Å². The highest BCUT2D eigenvalue weighted by molar-refractivity contribution is 5.79. The van der Waals surface area contributed by atoms with E-state index in [2.05, 4.69) is 0 Å². The third-order valence-electron chi connectivity index (χ3n) is 4.53. The summed E-state index contributed by atoms with van der Waals surface area (Å²) in [4.78, 5) is 22.1. The lowest BCUT2D eigenvalue weighted by Crippen LogP contribution is -2.70. The standard InChI is InChI=1S/C11H19N3O4/c1-9(2)7(14(17)18)6(12)5-10(3,8(15)16)11(9,4)13/h5,7H,12-13H2,1-4H3,(H,15,16). The number of carboxylic acids is 1. The Kier molecular flexibility index (Phi) is 2.95. The molecule has 0 amide bonds. The van der Waals surface area contributed by atoms with Gasteiger partial charge in [-0.15, -0.1) is 0 Å². The molecule has 5 N–H and O–H groups in total. The van der Waals surface area contributed by atoms with Crippen LogP contribution in [-0.4, -0.2) is 27.6 Å². The SMILES string of the molecule is CC1(C(=O)O)C=C(N)C([N+](=O)[O-])C(C)(C)C1(C)N. The number of hydrogen-bond donors (Lipinski definition) is 3. The second-order valence-corrected chi connectivity index (χ2v) is 5.76. The normalized spacial score (nSPS) is 38.9. The maximum atomic E-state index is 11.5. The summed E-state index contributed by atoms with van der Waals surface area (Å²) < 4.78 is 0. The number of rotatable bonds is 2.